The zero-order chi connectivity index (χ0) is 19.9. The van der Waals surface area contributed by atoms with E-state index >= 15 is 0 Å². The van der Waals surface area contributed by atoms with Crippen molar-refractivity contribution < 1.29 is 14.3 Å². The van der Waals surface area contributed by atoms with Gasteiger partial charge in [-0.15, -0.1) is 0 Å². The van der Waals surface area contributed by atoms with Gasteiger partial charge in [-0.1, -0.05) is 48.9 Å². The van der Waals surface area contributed by atoms with Crippen LogP contribution >= 0.6 is 11.6 Å². The van der Waals surface area contributed by atoms with Gasteiger partial charge in [0.2, 0.25) is 5.91 Å². The summed E-state index contributed by atoms with van der Waals surface area (Å²) in [5.74, 6) is 0.548. The maximum Gasteiger partial charge on any atom is 0.260 e. The molecule has 0 radical (unpaired) electrons. The van der Waals surface area contributed by atoms with E-state index in [0.717, 1.165) is 12.0 Å². The van der Waals surface area contributed by atoms with Gasteiger partial charge in [-0.05, 0) is 36.2 Å². The highest BCUT2D eigenvalue weighted by Crippen LogP contribution is 2.23. The lowest BCUT2D eigenvalue weighted by Gasteiger charge is -2.36. The molecule has 2 aromatic carbocycles. The van der Waals surface area contributed by atoms with E-state index in [-0.39, 0.29) is 24.3 Å². The molecule has 0 spiro atoms. The van der Waals surface area contributed by atoms with Crippen LogP contribution < -0.4 is 4.74 Å². The van der Waals surface area contributed by atoms with Gasteiger partial charge in [0.1, 0.15) is 5.75 Å². The second-order valence-electron chi connectivity index (χ2n) is 6.82. The molecule has 3 rings (SSSR count). The molecule has 1 heterocycles. The molecule has 1 unspecified atom stereocenters. The fourth-order valence-electron chi connectivity index (χ4n) is 3.40. The number of rotatable bonds is 6. The van der Waals surface area contributed by atoms with Gasteiger partial charge in [0.15, 0.2) is 6.61 Å². The first-order valence-corrected chi connectivity index (χ1v) is 9.96. The van der Waals surface area contributed by atoms with Gasteiger partial charge in [0.25, 0.3) is 5.91 Å². The molecular formula is C22H25ClN2O3. The van der Waals surface area contributed by atoms with Gasteiger partial charge >= 0.3 is 0 Å². The molecule has 2 aromatic rings. The number of carbonyl (C=O) groups excluding carboxylic acids is 2. The highest BCUT2D eigenvalue weighted by Gasteiger charge is 2.29. The first-order chi connectivity index (χ1) is 13.6. The smallest absolute Gasteiger partial charge is 0.260 e. The van der Waals surface area contributed by atoms with E-state index in [9.17, 15) is 9.59 Å². The van der Waals surface area contributed by atoms with Crippen molar-refractivity contribution in [2.75, 3.05) is 32.8 Å². The van der Waals surface area contributed by atoms with Crippen LogP contribution in [0.5, 0.6) is 5.75 Å². The van der Waals surface area contributed by atoms with Gasteiger partial charge in [-0.2, -0.15) is 0 Å². The zero-order valence-corrected chi connectivity index (χ0v) is 16.8. The largest absolute Gasteiger partial charge is 0.484 e. The predicted molar refractivity (Wildman–Crippen MR) is 110 cm³/mol. The second-order valence-corrected chi connectivity index (χ2v) is 7.26. The Morgan fingerprint density at radius 2 is 1.57 bits per heavy atom. The molecule has 0 N–H and O–H groups in total. The van der Waals surface area contributed by atoms with Gasteiger partial charge in [0, 0.05) is 31.2 Å². The van der Waals surface area contributed by atoms with Crippen LogP contribution in [0.25, 0.3) is 0 Å². The molecular weight excluding hydrogens is 376 g/mol. The molecule has 0 bridgehead atoms. The van der Waals surface area contributed by atoms with Crippen LogP contribution in [0.4, 0.5) is 0 Å². The maximum absolute atomic E-state index is 12.9. The maximum atomic E-state index is 12.9. The van der Waals surface area contributed by atoms with E-state index in [1.165, 1.54) is 0 Å². The molecule has 1 aliphatic heterocycles. The van der Waals surface area contributed by atoms with E-state index < -0.39 is 0 Å². The third-order valence-corrected chi connectivity index (χ3v) is 5.28. The molecule has 1 aliphatic rings. The van der Waals surface area contributed by atoms with Crippen molar-refractivity contribution in [2.24, 2.45) is 0 Å². The fourth-order valence-corrected chi connectivity index (χ4v) is 3.53. The van der Waals surface area contributed by atoms with E-state index in [1.54, 1.807) is 29.2 Å². The van der Waals surface area contributed by atoms with Crippen LogP contribution in [0.2, 0.25) is 5.02 Å². The summed E-state index contributed by atoms with van der Waals surface area (Å²) < 4.78 is 5.53. The monoisotopic (exact) mass is 400 g/mol. The fraction of sp³-hybridized carbons (Fsp3) is 0.364. The van der Waals surface area contributed by atoms with Crippen molar-refractivity contribution in [2.45, 2.75) is 19.3 Å². The topological polar surface area (TPSA) is 49.9 Å². The Kier molecular flexibility index (Phi) is 6.93. The van der Waals surface area contributed by atoms with Gasteiger partial charge in [0.05, 0.1) is 5.92 Å². The summed E-state index contributed by atoms with van der Waals surface area (Å²) in [5, 5.41) is 0.625. The molecule has 0 saturated carbocycles. The zero-order valence-electron chi connectivity index (χ0n) is 16.0. The van der Waals surface area contributed by atoms with Crippen LogP contribution in [0, 0.1) is 0 Å². The number of carbonyl (C=O) groups is 2. The molecule has 0 aliphatic carbocycles. The molecule has 1 atom stereocenters. The van der Waals surface area contributed by atoms with E-state index in [4.69, 9.17) is 16.3 Å². The standard InChI is InChI=1S/C22H25ClN2O3/c1-2-20(17-6-4-3-5-7-17)22(27)25-14-12-24(13-15-25)21(26)16-28-19-10-8-18(23)9-11-19/h3-11,20H,2,12-16H2,1H3. The van der Waals surface area contributed by atoms with Gasteiger partial charge in [-0.25, -0.2) is 0 Å². The molecule has 0 aromatic heterocycles. The molecule has 148 valence electrons. The molecule has 6 heteroatoms. The summed E-state index contributed by atoms with van der Waals surface area (Å²) in [6, 6.07) is 16.8. The third-order valence-electron chi connectivity index (χ3n) is 5.03. The lowest BCUT2D eigenvalue weighted by molar-refractivity contribution is -0.141. The number of hydrogen-bond acceptors (Lipinski definition) is 3. The number of piperazine rings is 1. The van der Waals surface area contributed by atoms with Gasteiger partial charge in [-0.3, -0.25) is 9.59 Å². The molecule has 28 heavy (non-hydrogen) atoms. The highest BCUT2D eigenvalue weighted by atomic mass is 35.5. The van der Waals surface area contributed by atoms with Gasteiger partial charge < -0.3 is 14.5 Å². The normalized spacial score (nSPS) is 15.2. The SMILES string of the molecule is CCC(C(=O)N1CCN(C(=O)COc2ccc(Cl)cc2)CC1)c1ccccc1. The van der Waals surface area contributed by atoms with Crippen molar-refractivity contribution in [1.82, 2.24) is 9.80 Å². The average Bonchev–Trinajstić information content (AvgIpc) is 2.74. The third kappa shape index (κ3) is 5.04. The number of amides is 2. The highest BCUT2D eigenvalue weighted by molar-refractivity contribution is 6.30. The van der Waals surface area contributed by atoms with Crippen molar-refractivity contribution in [3.63, 3.8) is 0 Å². The van der Waals surface area contributed by atoms with Crippen molar-refractivity contribution in [3.8, 4) is 5.75 Å². The Labute approximate surface area is 170 Å². The number of ether oxygens (including phenoxy) is 1. The summed E-state index contributed by atoms with van der Waals surface area (Å²) in [6.07, 6.45) is 0.761. The van der Waals surface area contributed by atoms with Crippen LogP contribution in [0.15, 0.2) is 54.6 Å². The Morgan fingerprint density at radius 1 is 0.964 bits per heavy atom. The number of nitrogens with zero attached hydrogens (tertiary/aromatic N) is 2. The summed E-state index contributed by atoms with van der Waals surface area (Å²) in [7, 11) is 0. The average molecular weight is 401 g/mol. The summed E-state index contributed by atoms with van der Waals surface area (Å²) >= 11 is 5.84. The first-order valence-electron chi connectivity index (χ1n) is 9.58. The van der Waals surface area contributed by atoms with E-state index in [2.05, 4.69) is 0 Å². The molecule has 1 saturated heterocycles. The summed E-state index contributed by atoms with van der Waals surface area (Å²) in [5.41, 5.74) is 1.05. The van der Waals surface area contributed by atoms with Crippen molar-refractivity contribution >= 4 is 23.4 Å². The minimum absolute atomic E-state index is 0.0167. The van der Waals surface area contributed by atoms with Crippen molar-refractivity contribution in [1.29, 1.82) is 0 Å². The van der Waals surface area contributed by atoms with Crippen molar-refractivity contribution in [3.05, 3.63) is 65.2 Å². The molecule has 5 nitrogen and oxygen atoms in total. The van der Waals surface area contributed by atoms with Crippen LogP contribution in [0.3, 0.4) is 0 Å². The molecule has 1 fully saturated rings. The number of benzene rings is 2. The minimum atomic E-state index is -0.128. The Morgan fingerprint density at radius 3 is 2.18 bits per heavy atom. The lowest BCUT2D eigenvalue weighted by atomic mass is 9.95. The molecule has 2 amide bonds. The Balaban J connectivity index is 1.50. The van der Waals surface area contributed by atoms with Crippen LogP contribution in [0.1, 0.15) is 24.8 Å². The minimum Gasteiger partial charge on any atom is -0.484 e. The van der Waals surface area contributed by atoms with Crippen LogP contribution in [-0.4, -0.2) is 54.4 Å². The predicted octanol–water partition coefficient (Wildman–Crippen LogP) is 3.58. The summed E-state index contributed by atoms with van der Waals surface area (Å²) in [4.78, 5) is 28.9. The Bertz CT molecular complexity index is 787. The number of hydrogen-bond donors (Lipinski definition) is 0. The van der Waals surface area contributed by atoms with Crippen LogP contribution in [-0.2, 0) is 9.59 Å². The summed E-state index contributed by atoms with van der Waals surface area (Å²) in [6.45, 7) is 4.17. The van der Waals surface area contributed by atoms with E-state index in [0.29, 0.717) is 37.0 Å². The quantitative estimate of drug-likeness (QED) is 0.744. The Hall–Kier alpha value is -2.53. The second kappa shape index (κ2) is 9.60. The first kappa shape index (κ1) is 20.2. The number of halogens is 1. The van der Waals surface area contributed by atoms with E-state index in [1.807, 2.05) is 42.2 Å². The lowest BCUT2D eigenvalue weighted by Crippen LogP contribution is -2.52.